The molecular formula is C16H24N2O4S. The molecule has 0 N–H and O–H groups in total. The molecule has 0 bridgehead atoms. The van der Waals surface area contributed by atoms with Gasteiger partial charge >= 0.3 is 0 Å². The molecule has 23 heavy (non-hydrogen) atoms. The topological polar surface area (TPSA) is 68.7 Å². The van der Waals surface area contributed by atoms with Crippen LogP contribution in [0.15, 0.2) is 29.4 Å². The maximum Gasteiger partial charge on any atom is 0.244 e. The summed E-state index contributed by atoms with van der Waals surface area (Å²) in [5.41, 5.74) is -0.234. The van der Waals surface area contributed by atoms with E-state index in [1.165, 1.54) is 6.20 Å². The molecule has 2 aliphatic heterocycles. The van der Waals surface area contributed by atoms with Gasteiger partial charge in [0, 0.05) is 44.1 Å². The van der Waals surface area contributed by atoms with Gasteiger partial charge in [0.2, 0.25) is 10.0 Å². The highest BCUT2D eigenvalue weighted by atomic mass is 32.2. The summed E-state index contributed by atoms with van der Waals surface area (Å²) in [7, 11) is -3.52. The molecular weight excluding hydrogens is 316 g/mol. The van der Waals surface area contributed by atoms with Gasteiger partial charge < -0.3 is 9.47 Å². The molecule has 0 saturated carbocycles. The minimum Gasteiger partial charge on any atom is -0.381 e. The second-order valence-corrected chi connectivity index (χ2v) is 8.22. The molecule has 2 fully saturated rings. The molecule has 2 unspecified atom stereocenters. The fourth-order valence-corrected chi connectivity index (χ4v) is 5.14. The van der Waals surface area contributed by atoms with E-state index < -0.39 is 10.0 Å². The van der Waals surface area contributed by atoms with Gasteiger partial charge in [-0.15, -0.1) is 0 Å². The highest BCUT2D eigenvalue weighted by molar-refractivity contribution is 7.89. The summed E-state index contributed by atoms with van der Waals surface area (Å²) in [4.78, 5) is 4.19. The SMILES string of the molecule is CCOCC12CCCOC1CCN(S(=O)(=O)c1cccnc1)C2. The largest absolute Gasteiger partial charge is 0.381 e. The summed E-state index contributed by atoms with van der Waals surface area (Å²) in [5, 5.41) is 0. The first-order chi connectivity index (χ1) is 11.1. The minimum absolute atomic E-state index is 0.0862. The number of nitrogens with zero attached hydrogens (tertiary/aromatic N) is 2. The van der Waals surface area contributed by atoms with Crippen molar-refractivity contribution in [2.24, 2.45) is 5.41 Å². The molecule has 6 nitrogen and oxygen atoms in total. The Hall–Kier alpha value is -1.02. The summed E-state index contributed by atoms with van der Waals surface area (Å²) in [6, 6.07) is 3.25. The van der Waals surface area contributed by atoms with Crippen LogP contribution in [0.4, 0.5) is 0 Å². The Balaban J connectivity index is 1.85. The van der Waals surface area contributed by atoms with Crippen LogP contribution in [-0.2, 0) is 19.5 Å². The number of sulfonamides is 1. The van der Waals surface area contributed by atoms with Gasteiger partial charge in [0.1, 0.15) is 4.90 Å². The van der Waals surface area contributed by atoms with E-state index in [-0.39, 0.29) is 16.4 Å². The van der Waals surface area contributed by atoms with Crippen LogP contribution in [0.25, 0.3) is 0 Å². The van der Waals surface area contributed by atoms with Crippen LogP contribution in [-0.4, -0.2) is 56.7 Å². The van der Waals surface area contributed by atoms with E-state index in [1.807, 2.05) is 6.92 Å². The van der Waals surface area contributed by atoms with Gasteiger partial charge in [-0.2, -0.15) is 4.31 Å². The van der Waals surface area contributed by atoms with E-state index in [1.54, 1.807) is 22.6 Å². The first kappa shape index (κ1) is 16.8. The van der Waals surface area contributed by atoms with E-state index in [0.717, 1.165) is 19.4 Å². The number of aromatic nitrogens is 1. The van der Waals surface area contributed by atoms with E-state index in [0.29, 0.717) is 32.7 Å². The molecule has 3 heterocycles. The second kappa shape index (κ2) is 6.84. The van der Waals surface area contributed by atoms with Crippen molar-refractivity contribution in [3.8, 4) is 0 Å². The third kappa shape index (κ3) is 3.28. The Kier molecular flexibility index (Phi) is 5.01. The fraction of sp³-hybridized carbons (Fsp3) is 0.688. The Bertz CT molecular complexity index is 622. The quantitative estimate of drug-likeness (QED) is 0.816. The van der Waals surface area contributed by atoms with Crippen molar-refractivity contribution in [1.29, 1.82) is 0 Å². The lowest BCUT2D eigenvalue weighted by molar-refractivity contribution is -0.141. The van der Waals surface area contributed by atoms with Gasteiger partial charge in [-0.05, 0) is 38.3 Å². The van der Waals surface area contributed by atoms with Crippen molar-refractivity contribution in [1.82, 2.24) is 9.29 Å². The normalized spacial score (nSPS) is 29.2. The average molecular weight is 340 g/mol. The molecule has 0 radical (unpaired) electrons. The summed E-state index contributed by atoms with van der Waals surface area (Å²) >= 11 is 0. The van der Waals surface area contributed by atoms with Crippen molar-refractivity contribution in [3.63, 3.8) is 0 Å². The van der Waals surface area contributed by atoms with Gasteiger partial charge in [0.15, 0.2) is 0 Å². The lowest BCUT2D eigenvalue weighted by Crippen LogP contribution is -2.58. The first-order valence-electron chi connectivity index (χ1n) is 8.18. The Labute approximate surface area is 137 Å². The monoisotopic (exact) mass is 340 g/mol. The van der Waals surface area contributed by atoms with Gasteiger partial charge in [-0.1, -0.05) is 0 Å². The molecule has 2 atom stereocenters. The summed E-state index contributed by atoms with van der Waals surface area (Å²) in [5.74, 6) is 0. The van der Waals surface area contributed by atoms with Gasteiger partial charge in [-0.25, -0.2) is 8.42 Å². The van der Waals surface area contributed by atoms with Crippen LogP contribution in [0.3, 0.4) is 0 Å². The molecule has 2 saturated heterocycles. The number of hydrogen-bond donors (Lipinski definition) is 0. The van der Waals surface area contributed by atoms with E-state index in [9.17, 15) is 8.42 Å². The van der Waals surface area contributed by atoms with Crippen molar-refractivity contribution in [3.05, 3.63) is 24.5 Å². The number of piperidine rings is 1. The predicted molar refractivity (Wildman–Crippen MR) is 85.5 cm³/mol. The van der Waals surface area contributed by atoms with Crippen molar-refractivity contribution < 1.29 is 17.9 Å². The van der Waals surface area contributed by atoms with E-state index in [2.05, 4.69) is 4.98 Å². The smallest absolute Gasteiger partial charge is 0.244 e. The molecule has 0 spiro atoms. The number of pyridine rings is 1. The maximum atomic E-state index is 12.9. The average Bonchev–Trinajstić information content (AvgIpc) is 2.60. The van der Waals surface area contributed by atoms with Gasteiger partial charge in [-0.3, -0.25) is 4.98 Å². The van der Waals surface area contributed by atoms with Crippen molar-refractivity contribution >= 4 is 10.0 Å². The minimum atomic E-state index is -3.52. The van der Waals surface area contributed by atoms with E-state index in [4.69, 9.17) is 9.47 Å². The predicted octanol–water partition coefficient (Wildman–Crippen LogP) is 1.68. The van der Waals surface area contributed by atoms with Crippen LogP contribution < -0.4 is 0 Å². The highest BCUT2D eigenvalue weighted by Crippen LogP contribution is 2.41. The molecule has 0 aromatic carbocycles. The Morgan fingerprint density at radius 1 is 1.52 bits per heavy atom. The molecule has 1 aromatic heterocycles. The summed E-state index contributed by atoms with van der Waals surface area (Å²) in [6.45, 7) is 4.83. The number of ether oxygens (including phenoxy) is 2. The van der Waals surface area contributed by atoms with Crippen LogP contribution in [0.2, 0.25) is 0 Å². The molecule has 3 rings (SSSR count). The van der Waals surface area contributed by atoms with E-state index >= 15 is 0 Å². The van der Waals surface area contributed by atoms with Crippen LogP contribution in [0, 0.1) is 5.41 Å². The van der Waals surface area contributed by atoms with Crippen LogP contribution >= 0.6 is 0 Å². The molecule has 2 aliphatic rings. The zero-order valence-electron chi connectivity index (χ0n) is 13.5. The molecule has 0 aliphatic carbocycles. The number of fused-ring (bicyclic) bond motifs is 1. The molecule has 1 aromatic rings. The van der Waals surface area contributed by atoms with Crippen molar-refractivity contribution in [2.45, 2.75) is 37.2 Å². The number of rotatable bonds is 5. The molecule has 7 heteroatoms. The standard InChI is InChI=1S/C16H24N2O4S/c1-2-21-13-16-7-4-10-22-15(16)6-9-18(12-16)23(19,20)14-5-3-8-17-11-14/h3,5,8,11,15H,2,4,6-7,9-10,12-13H2,1H3. The highest BCUT2D eigenvalue weighted by Gasteiger charge is 2.48. The van der Waals surface area contributed by atoms with Gasteiger partial charge in [0.25, 0.3) is 0 Å². The summed E-state index contributed by atoms with van der Waals surface area (Å²) < 4.78 is 39.0. The Morgan fingerprint density at radius 3 is 3.13 bits per heavy atom. The third-order valence-electron chi connectivity index (χ3n) is 4.82. The van der Waals surface area contributed by atoms with Crippen molar-refractivity contribution in [2.75, 3.05) is 32.9 Å². The zero-order valence-corrected chi connectivity index (χ0v) is 14.3. The molecule has 128 valence electrons. The zero-order chi connectivity index (χ0) is 16.3. The van der Waals surface area contributed by atoms with Crippen LogP contribution in [0.5, 0.6) is 0 Å². The Morgan fingerprint density at radius 2 is 2.39 bits per heavy atom. The maximum absolute atomic E-state index is 12.9. The lowest BCUT2D eigenvalue weighted by Gasteiger charge is -2.49. The fourth-order valence-electron chi connectivity index (χ4n) is 3.62. The number of hydrogen-bond acceptors (Lipinski definition) is 5. The lowest BCUT2D eigenvalue weighted by atomic mass is 9.73. The molecule has 0 amide bonds. The van der Waals surface area contributed by atoms with Crippen LogP contribution in [0.1, 0.15) is 26.2 Å². The first-order valence-corrected chi connectivity index (χ1v) is 9.62. The summed E-state index contributed by atoms with van der Waals surface area (Å²) in [6.07, 6.45) is 5.68. The third-order valence-corrected chi connectivity index (χ3v) is 6.65. The van der Waals surface area contributed by atoms with Gasteiger partial charge in [0.05, 0.1) is 12.7 Å². The second-order valence-electron chi connectivity index (χ2n) is 6.28.